The summed E-state index contributed by atoms with van der Waals surface area (Å²) >= 11 is 0. The first kappa shape index (κ1) is 23.2. The maximum absolute atomic E-state index is 13.2. The van der Waals surface area contributed by atoms with Crippen molar-refractivity contribution in [1.29, 1.82) is 0 Å². The largest absolute Gasteiger partial charge is 0.497 e. The second-order valence-corrected chi connectivity index (χ2v) is 10.9. The maximum Gasteiger partial charge on any atom is 0.275 e. The molecular formula is C26H27N3O5S. The number of carbonyl (C=O) groups is 1. The average Bonchev–Trinajstić information content (AvgIpc) is 2.85. The third kappa shape index (κ3) is 4.43. The molecule has 1 amide bonds. The summed E-state index contributed by atoms with van der Waals surface area (Å²) in [4.78, 5) is 28.3. The van der Waals surface area contributed by atoms with Gasteiger partial charge in [0.25, 0.3) is 21.5 Å². The van der Waals surface area contributed by atoms with E-state index >= 15 is 0 Å². The quantitative estimate of drug-likeness (QED) is 0.589. The highest BCUT2D eigenvalue weighted by Crippen LogP contribution is 2.36. The number of amides is 1. The summed E-state index contributed by atoms with van der Waals surface area (Å²) in [6, 6.07) is 16.9. The number of hydrogen-bond donors (Lipinski definition) is 1. The normalized spacial score (nSPS) is 19.1. The summed E-state index contributed by atoms with van der Waals surface area (Å²) in [7, 11) is -2.29. The molecular weight excluding hydrogens is 466 g/mol. The highest BCUT2D eigenvalue weighted by molar-refractivity contribution is 7.92. The number of ether oxygens (including phenoxy) is 1. The zero-order chi connectivity index (χ0) is 24.7. The number of benzene rings is 2. The van der Waals surface area contributed by atoms with Gasteiger partial charge in [-0.1, -0.05) is 17.7 Å². The SMILES string of the molecule is COc1ccc(C(=O)N2CC3CC(C2)c2ccc(NS(=O)(=O)c4ccc(C)cc4)c(=O)n2C3)cc1. The Bertz CT molecular complexity index is 1430. The predicted octanol–water partition coefficient (Wildman–Crippen LogP) is 3.23. The van der Waals surface area contributed by atoms with Gasteiger partial charge < -0.3 is 14.2 Å². The summed E-state index contributed by atoms with van der Waals surface area (Å²) < 4.78 is 34.9. The standard InChI is InChI=1S/C26H27N3O5S/c1-17-3-9-22(10-4-17)35(32,33)27-23-11-12-24-20-13-18(15-29(24)26(23)31)14-28(16-20)25(30)19-5-7-21(34-2)8-6-19/h3-12,18,20,27H,13-16H2,1-2H3. The van der Waals surface area contributed by atoms with E-state index < -0.39 is 10.0 Å². The first-order valence-corrected chi connectivity index (χ1v) is 13.0. The lowest BCUT2D eigenvalue weighted by Crippen LogP contribution is -2.49. The van der Waals surface area contributed by atoms with Crippen LogP contribution in [0.3, 0.4) is 0 Å². The van der Waals surface area contributed by atoms with Crippen LogP contribution in [0, 0.1) is 12.8 Å². The van der Waals surface area contributed by atoms with Crippen molar-refractivity contribution in [3.05, 3.63) is 87.8 Å². The first-order valence-electron chi connectivity index (χ1n) is 11.5. The van der Waals surface area contributed by atoms with Crippen LogP contribution < -0.4 is 15.0 Å². The number of likely N-dealkylation sites (tertiary alicyclic amines) is 1. The van der Waals surface area contributed by atoms with Crippen LogP contribution in [-0.2, 0) is 16.6 Å². The number of methoxy groups -OCH3 is 1. The number of anilines is 1. The average molecular weight is 494 g/mol. The molecule has 0 spiro atoms. The molecule has 0 radical (unpaired) electrons. The summed E-state index contributed by atoms with van der Waals surface area (Å²) in [5.41, 5.74) is 2.05. The number of pyridine rings is 1. The van der Waals surface area contributed by atoms with Crippen LogP contribution in [0.1, 0.15) is 34.0 Å². The Hall–Kier alpha value is -3.59. The minimum absolute atomic E-state index is 0.0140. The topological polar surface area (TPSA) is 97.7 Å². The molecule has 0 saturated carbocycles. The van der Waals surface area contributed by atoms with Crippen LogP contribution in [0.2, 0.25) is 0 Å². The van der Waals surface area contributed by atoms with Gasteiger partial charge in [-0.25, -0.2) is 8.42 Å². The molecule has 182 valence electrons. The highest BCUT2D eigenvalue weighted by atomic mass is 32.2. The molecule has 5 rings (SSSR count). The predicted molar refractivity (Wildman–Crippen MR) is 132 cm³/mol. The van der Waals surface area contributed by atoms with Crippen molar-refractivity contribution in [3.8, 4) is 5.75 Å². The number of rotatable bonds is 5. The van der Waals surface area contributed by atoms with Gasteiger partial charge in [0.1, 0.15) is 11.4 Å². The van der Waals surface area contributed by atoms with Crippen molar-refractivity contribution in [1.82, 2.24) is 9.47 Å². The van der Waals surface area contributed by atoms with Gasteiger partial charge in [-0.3, -0.25) is 14.3 Å². The number of aryl methyl sites for hydroxylation is 1. The van der Waals surface area contributed by atoms with Crippen molar-refractivity contribution in [2.75, 3.05) is 24.9 Å². The molecule has 1 saturated heterocycles. The van der Waals surface area contributed by atoms with E-state index in [9.17, 15) is 18.0 Å². The highest BCUT2D eigenvalue weighted by Gasteiger charge is 2.37. The van der Waals surface area contributed by atoms with Crippen molar-refractivity contribution in [3.63, 3.8) is 0 Å². The van der Waals surface area contributed by atoms with E-state index in [4.69, 9.17) is 4.74 Å². The number of piperidine rings is 1. The van der Waals surface area contributed by atoms with E-state index in [-0.39, 0.29) is 33.9 Å². The van der Waals surface area contributed by atoms with Crippen LogP contribution in [0.5, 0.6) is 5.75 Å². The Balaban J connectivity index is 1.38. The molecule has 2 aliphatic heterocycles. The van der Waals surface area contributed by atoms with E-state index in [1.165, 1.54) is 18.2 Å². The summed E-state index contributed by atoms with van der Waals surface area (Å²) in [6.07, 6.45) is 0.889. The van der Waals surface area contributed by atoms with Gasteiger partial charge >= 0.3 is 0 Å². The summed E-state index contributed by atoms with van der Waals surface area (Å²) in [5.74, 6) is 0.782. The molecule has 2 aliphatic rings. The van der Waals surface area contributed by atoms with E-state index in [0.717, 1.165) is 17.7 Å². The van der Waals surface area contributed by atoms with Crippen LogP contribution in [0.15, 0.2) is 70.4 Å². The molecule has 0 aliphatic carbocycles. The van der Waals surface area contributed by atoms with E-state index in [2.05, 4.69) is 4.72 Å². The van der Waals surface area contributed by atoms with Crippen molar-refractivity contribution in [2.24, 2.45) is 5.92 Å². The minimum atomic E-state index is -3.88. The fourth-order valence-electron chi connectivity index (χ4n) is 5.03. The Kier molecular flexibility index (Phi) is 5.88. The van der Waals surface area contributed by atoms with Crippen molar-refractivity contribution >= 4 is 21.6 Å². The van der Waals surface area contributed by atoms with Crippen molar-refractivity contribution < 1.29 is 17.9 Å². The zero-order valence-corrected chi connectivity index (χ0v) is 20.4. The number of nitrogens with zero attached hydrogens (tertiary/aromatic N) is 2. The maximum atomic E-state index is 13.2. The lowest BCUT2D eigenvalue weighted by Gasteiger charge is -2.43. The molecule has 2 bridgehead atoms. The Morgan fingerprint density at radius 2 is 1.69 bits per heavy atom. The summed E-state index contributed by atoms with van der Waals surface area (Å²) in [5, 5.41) is 0. The minimum Gasteiger partial charge on any atom is -0.497 e. The molecule has 2 atom stereocenters. The number of fused-ring (bicyclic) bond motifs is 4. The monoisotopic (exact) mass is 493 g/mol. The smallest absolute Gasteiger partial charge is 0.275 e. The first-order chi connectivity index (χ1) is 16.7. The molecule has 2 aromatic carbocycles. The molecule has 35 heavy (non-hydrogen) atoms. The molecule has 1 fully saturated rings. The van der Waals surface area contributed by atoms with Gasteiger partial charge in [-0.05, 0) is 67.8 Å². The molecule has 1 aromatic heterocycles. The lowest BCUT2D eigenvalue weighted by molar-refractivity contribution is 0.0594. The molecule has 3 heterocycles. The van der Waals surface area contributed by atoms with Crippen LogP contribution in [0.25, 0.3) is 0 Å². The Labute approximate surface area is 204 Å². The number of hydrogen-bond acceptors (Lipinski definition) is 5. The van der Waals surface area contributed by atoms with E-state index in [0.29, 0.717) is 30.9 Å². The number of aromatic nitrogens is 1. The summed E-state index contributed by atoms with van der Waals surface area (Å²) in [6.45, 7) is 3.38. The van der Waals surface area contributed by atoms with Gasteiger partial charge in [-0.2, -0.15) is 0 Å². The van der Waals surface area contributed by atoms with Crippen molar-refractivity contribution in [2.45, 2.75) is 30.7 Å². The Morgan fingerprint density at radius 1 is 0.971 bits per heavy atom. The second-order valence-electron chi connectivity index (χ2n) is 9.24. The van der Waals surface area contributed by atoms with Gasteiger partial charge in [-0.15, -0.1) is 0 Å². The second kappa shape index (κ2) is 8.88. The Morgan fingerprint density at radius 3 is 2.37 bits per heavy atom. The molecule has 1 N–H and O–H groups in total. The molecule has 8 nitrogen and oxygen atoms in total. The van der Waals surface area contributed by atoms with Gasteiger partial charge in [0.15, 0.2) is 0 Å². The van der Waals surface area contributed by atoms with Gasteiger partial charge in [0, 0.05) is 36.8 Å². The molecule has 2 unspecified atom stereocenters. The van der Waals surface area contributed by atoms with Gasteiger partial charge in [0.2, 0.25) is 0 Å². The number of sulfonamides is 1. The molecule has 3 aromatic rings. The van der Waals surface area contributed by atoms with Crippen LogP contribution in [-0.4, -0.2) is 44.0 Å². The fourth-order valence-corrected chi connectivity index (χ4v) is 6.08. The molecule has 9 heteroatoms. The number of carbonyl (C=O) groups excluding carboxylic acids is 1. The van der Waals surface area contributed by atoms with Crippen LogP contribution in [0.4, 0.5) is 5.69 Å². The third-order valence-corrected chi connectivity index (χ3v) is 8.19. The van der Waals surface area contributed by atoms with E-state index in [1.807, 2.05) is 11.8 Å². The van der Waals surface area contributed by atoms with E-state index in [1.54, 1.807) is 54.1 Å². The lowest BCUT2D eigenvalue weighted by atomic mass is 9.83. The fraction of sp³-hybridized carbons (Fsp3) is 0.308. The van der Waals surface area contributed by atoms with Gasteiger partial charge in [0.05, 0.1) is 12.0 Å². The zero-order valence-electron chi connectivity index (χ0n) is 19.6. The number of nitrogens with one attached hydrogen (secondary N) is 1. The third-order valence-electron chi connectivity index (χ3n) is 6.80. The van der Waals surface area contributed by atoms with Crippen LogP contribution >= 0.6 is 0 Å².